The zero-order valence-corrected chi connectivity index (χ0v) is 32.0. The highest BCUT2D eigenvalue weighted by atomic mass is 16.5. The van der Waals surface area contributed by atoms with Crippen LogP contribution in [-0.2, 0) is 19.1 Å². The molecule has 2 aromatic heterocycles. The Morgan fingerprint density at radius 2 is 1.05 bits per heavy atom. The standard InChI is InChI=1S/C44H42N8O6/c1-57-43(55)49-37(29-11-5-3-6-12-29)41(53)51-23-9-15-35(51)39-45-31-21-19-27(25-33(31)47-39)17-18-28-20-22-32-34(26-28)48-40(46-32)36-16-10-24-52(36)42(54)38(50-44(56)58-2)30-13-7-4-8-14-30/h3-8,11-14,19-22,25-26,35-38H,9-10,15-16,23-24H2,1-2H3,(H,45,47)(H,46,48)(H,49,55)(H,50,56)/t35-,36?,37+,38+/m0/s1. The molecule has 0 spiro atoms. The molecule has 14 heteroatoms. The minimum absolute atomic E-state index is 0.230. The summed E-state index contributed by atoms with van der Waals surface area (Å²) in [5.41, 5.74) is 6.02. The average molecular weight is 779 g/mol. The van der Waals surface area contributed by atoms with Crippen LogP contribution in [0.4, 0.5) is 9.59 Å². The second kappa shape index (κ2) is 16.5. The highest BCUT2D eigenvalue weighted by Crippen LogP contribution is 2.35. The number of alkyl carbamates (subject to hydrolysis) is 2. The number of carbonyl (C=O) groups excluding carboxylic acids is 4. The van der Waals surface area contributed by atoms with Crippen molar-refractivity contribution in [3.8, 4) is 11.8 Å². The monoisotopic (exact) mass is 778 g/mol. The normalized spacial score (nSPS) is 17.3. The van der Waals surface area contributed by atoms with Crippen LogP contribution in [0.1, 0.15) is 83.8 Å². The van der Waals surface area contributed by atoms with Crippen molar-refractivity contribution in [2.75, 3.05) is 27.3 Å². The van der Waals surface area contributed by atoms with Crippen LogP contribution in [0.25, 0.3) is 22.1 Å². The number of aromatic nitrogens is 4. The highest BCUT2D eigenvalue weighted by molar-refractivity contribution is 5.88. The van der Waals surface area contributed by atoms with Gasteiger partial charge in [0.05, 0.1) is 48.4 Å². The van der Waals surface area contributed by atoms with E-state index in [1.165, 1.54) is 14.2 Å². The SMILES string of the molecule is COC(=O)N[C@@H](C(=O)N1CCCC1c1nc2ccc(C#Cc3ccc4nc([C@@H]5CCCN5C(=O)[C@H](NC(=O)OC)c5ccccc5)[nH]c4c3)cc2[nH]1)c1ccccc1. The Morgan fingerprint density at radius 1 is 0.638 bits per heavy atom. The molecule has 4 heterocycles. The molecule has 0 saturated carbocycles. The molecule has 14 nitrogen and oxygen atoms in total. The molecule has 58 heavy (non-hydrogen) atoms. The Balaban J connectivity index is 0.987. The number of carbonyl (C=O) groups is 4. The van der Waals surface area contributed by atoms with E-state index in [-0.39, 0.29) is 23.9 Å². The predicted octanol–water partition coefficient (Wildman–Crippen LogP) is 6.36. The summed E-state index contributed by atoms with van der Waals surface area (Å²) >= 11 is 0. The van der Waals surface area contributed by atoms with Crippen LogP contribution in [0.5, 0.6) is 0 Å². The van der Waals surface area contributed by atoms with Gasteiger partial charge in [0.25, 0.3) is 11.8 Å². The summed E-state index contributed by atoms with van der Waals surface area (Å²) in [6, 6.07) is 27.4. The van der Waals surface area contributed by atoms with Crippen molar-refractivity contribution in [2.45, 2.75) is 49.9 Å². The molecule has 2 saturated heterocycles. The van der Waals surface area contributed by atoms with Gasteiger partial charge in [-0.2, -0.15) is 0 Å². The van der Waals surface area contributed by atoms with Crippen molar-refractivity contribution in [3.63, 3.8) is 0 Å². The van der Waals surface area contributed by atoms with Gasteiger partial charge in [-0.15, -0.1) is 0 Å². The first-order chi connectivity index (χ1) is 28.3. The lowest BCUT2D eigenvalue weighted by Crippen LogP contribution is -2.42. The molecule has 0 radical (unpaired) electrons. The van der Waals surface area contributed by atoms with Gasteiger partial charge in [-0.3, -0.25) is 9.59 Å². The molecule has 294 valence electrons. The van der Waals surface area contributed by atoms with Crippen molar-refractivity contribution in [2.24, 2.45) is 0 Å². The molecular formula is C44H42N8O6. The maximum atomic E-state index is 13.9. The number of nitrogens with one attached hydrogen (secondary N) is 4. The maximum Gasteiger partial charge on any atom is 0.407 e. The van der Waals surface area contributed by atoms with Gasteiger partial charge < -0.3 is 39.9 Å². The fourth-order valence-electron chi connectivity index (χ4n) is 7.86. The summed E-state index contributed by atoms with van der Waals surface area (Å²) in [6.07, 6.45) is 1.69. The molecule has 1 unspecified atom stereocenters. The van der Waals surface area contributed by atoms with Gasteiger partial charge >= 0.3 is 12.2 Å². The molecule has 2 fully saturated rings. The van der Waals surface area contributed by atoms with Crippen molar-refractivity contribution >= 4 is 46.1 Å². The number of nitrogens with zero attached hydrogens (tertiary/aromatic N) is 4. The third kappa shape index (κ3) is 7.79. The third-order valence-corrected chi connectivity index (χ3v) is 10.7. The molecule has 0 aliphatic carbocycles. The molecule has 4 atom stereocenters. The van der Waals surface area contributed by atoms with Crippen LogP contribution in [0.15, 0.2) is 97.1 Å². The van der Waals surface area contributed by atoms with E-state index in [9.17, 15) is 19.2 Å². The fraction of sp³-hybridized carbons (Fsp3) is 0.273. The van der Waals surface area contributed by atoms with E-state index in [4.69, 9.17) is 19.4 Å². The number of ether oxygens (including phenoxy) is 2. The van der Waals surface area contributed by atoms with Gasteiger partial charge in [0.1, 0.15) is 23.7 Å². The smallest absolute Gasteiger partial charge is 0.407 e. The quantitative estimate of drug-likeness (QED) is 0.129. The number of benzene rings is 4. The number of amides is 4. The van der Waals surface area contributed by atoms with Crippen LogP contribution < -0.4 is 10.6 Å². The first-order valence-corrected chi connectivity index (χ1v) is 19.2. The number of H-pyrrole nitrogens is 2. The number of methoxy groups -OCH3 is 2. The van der Waals surface area contributed by atoms with Gasteiger partial charge in [0, 0.05) is 24.2 Å². The number of aromatic amines is 2. The van der Waals surface area contributed by atoms with Gasteiger partial charge in [-0.05, 0) is 73.2 Å². The van der Waals surface area contributed by atoms with E-state index in [0.29, 0.717) is 35.9 Å². The van der Waals surface area contributed by atoms with Crippen molar-refractivity contribution in [3.05, 3.63) is 131 Å². The summed E-state index contributed by atoms with van der Waals surface area (Å²) in [4.78, 5) is 72.4. The molecule has 4 aromatic carbocycles. The Kier molecular flexibility index (Phi) is 10.8. The van der Waals surface area contributed by atoms with Crippen molar-refractivity contribution < 1.29 is 28.7 Å². The van der Waals surface area contributed by atoms with Crippen LogP contribution in [0.3, 0.4) is 0 Å². The molecule has 2 aliphatic heterocycles. The average Bonchev–Trinajstić information content (AvgIpc) is 4.09. The summed E-state index contributed by atoms with van der Waals surface area (Å²) in [7, 11) is 2.55. The van der Waals surface area contributed by atoms with Crippen LogP contribution in [0, 0.1) is 11.8 Å². The first kappa shape index (κ1) is 37.8. The van der Waals surface area contributed by atoms with Gasteiger partial charge in [-0.25, -0.2) is 19.6 Å². The molecule has 2 aliphatic rings. The van der Waals surface area contributed by atoms with E-state index in [1.54, 1.807) is 9.80 Å². The maximum absolute atomic E-state index is 13.9. The minimum atomic E-state index is -0.899. The lowest BCUT2D eigenvalue weighted by Gasteiger charge is -2.28. The first-order valence-electron chi connectivity index (χ1n) is 19.2. The Labute approximate surface area is 334 Å². The van der Waals surface area contributed by atoms with Gasteiger partial charge in [0.2, 0.25) is 0 Å². The van der Waals surface area contributed by atoms with E-state index in [0.717, 1.165) is 58.9 Å². The van der Waals surface area contributed by atoms with Crippen LogP contribution in [0.2, 0.25) is 0 Å². The van der Waals surface area contributed by atoms with E-state index in [1.807, 2.05) is 97.1 Å². The summed E-state index contributed by atoms with van der Waals surface area (Å²) in [6.45, 7) is 1.07. The summed E-state index contributed by atoms with van der Waals surface area (Å²) < 4.78 is 9.65. The number of hydrogen-bond acceptors (Lipinski definition) is 8. The second-order valence-corrected chi connectivity index (χ2v) is 14.3. The third-order valence-electron chi connectivity index (χ3n) is 10.7. The molecule has 0 bridgehead atoms. The minimum Gasteiger partial charge on any atom is -0.453 e. The summed E-state index contributed by atoms with van der Waals surface area (Å²) in [5.74, 6) is 7.42. The highest BCUT2D eigenvalue weighted by Gasteiger charge is 2.38. The number of rotatable bonds is 8. The van der Waals surface area contributed by atoms with Gasteiger partial charge in [-0.1, -0.05) is 72.5 Å². The van der Waals surface area contributed by atoms with E-state index < -0.39 is 24.3 Å². The fourth-order valence-corrected chi connectivity index (χ4v) is 7.86. The predicted molar refractivity (Wildman–Crippen MR) is 215 cm³/mol. The molecule has 8 rings (SSSR count). The Hall–Kier alpha value is -7.14. The molecule has 6 aromatic rings. The molecular weight excluding hydrogens is 737 g/mol. The van der Waals surface area contributed by atoms with Crippen LogP contribution >= 0.6 is 0 Å². The number of fused-ring (bicyclic) bond motifs is 2. The molecule has 4 amide bonds. The Morgan fingerprint density at radius 3 is 1.45 bits per heavy atom. The largest absolute Gasteiger partial charge is 0.453 e. The topological polar surface area (TPSA) is 175 Å². The van der Waals surface area contributed by atoms with Gasteiger partial charge in [0.15, 0.2) is 0 Å². The molecule has 4 N–H and O–H groups in total. The zero-order valence-electron chi connectivity index (χ0n) is 32.0. The zero-order chi connectivity index (χ0) is 40.2. The van der Waals surface area contributed by atoms with E-state index >= 15 is 0 Å². The number of imidazole rings is 2. The second-order valence-electron chi connectivity index (χ2n) is 14.3. The lowest BCUT2D eigenvalue weighted by molar-refractivity contribution is -0.135. The van der Waals surface area contributed by atoms with Crippen LogP contribution in [-0.4, -0.2) is 81.0 Å². The lowest BCUT2D eigenvalue weighted by atomic mass is 10.1. The van der Waals surface area contributed by atoms with E-state index in [2.05, 4.69) is 32.4 Å². The number of likely N-dealkylation sites (tertiary alicyclic amines) is 2. The van der Waals surface area contributed by atoms with Crippen molar-refractivity contribution in [1.29, 1.82) is 0 Å². The van der Waals surface area contributed by atoms with Crippen molar-refractivity contribution in [1.82, 2.24) is 40.4 Å². The number of hydrogen-bond donors (Lipinski definition) is 4. The Bertz CT molecular complexity index is 2370. The summed E-state index contributed by atoms with van der Waals surface area (Å²) in [5, 5.41) is 5.41.